The molecule has 0 radical (unpaired) electrons. The largest absolute Gasteiger partial charge is 0.446 e. The summed E-state index contributed by atoms with van der Waals surface area (Å²) in [5.41, 5.74) is 0.580. The molecule has 2 aliphatic rings. The number of carbonyl (C=O) groups is 1. The van der Waals surface area contributed by atoms with Crippen LogP contribution >= 0.6 is 0 Å². The van der Waals surface area contributed by atoms with E-state index in [2.05, 4.69) is 20.4 Å². The SMILES string of the molecule is CC[C@@H]1C[C@H](N(Cc2cc(C(F)(F)F)cc(C(F)(F)F)c2)C(N)=NN=NC)c2nc(C(F)(F)F)ccc2N1C(=O)OC1CCN(C)CC1. The van der Waals surface area contributed by atoms with Crippen LogP contribution in [-0.2, 0) is 29.8 Å². The zero-order valence-corrected chi connectivity index (χ0v) is 26.0. The Kier molecular flexibility index (Phi) is 10.8. The molecule has 0 spiro atoms. The number of carbonyl (C=O) groups excluding carboxylic acids is 1. The third kappa shape index (κ3) is 8.46. The summed E-state index contributed by atoms with van der Waals surface area (Å²) in [6.07, 6.45) is -15.5. The minimum atomic E-state index is -5.17. The van der Waals surface area contributed by atoms with E-state index >= 15 is 0 Å². The maximum Gasteiger partial charge on any atom is 0.433 e. The summed E-state index contributed by atoms with van der Waals surface area (Å²) in [5, 5.41) is 10.5. The van der Waals surface area contributed by atoms with Crippen LogP contribution in [-0.4, -0.2) is 66.2 Å². The summed E-state index contributed by atoms with van der Waals surface area (Å²) < 4.78 is 130. The first-order chi connectivity index (χ1) is 22.3. The molecule has 0 saturated carbocycles. The van der Waals surface area contributed by atoms with Gasteiger partial charge in [-0.15, -0.1) is 0 Å². The average Bonchev–Trinajstić information content (AvgIpc) is 3.01. The van der Waals surface area contributed by atoms with E-state index in [4.69, 9.17) is 10.5 Å². The normalized spacial score (nSPS) is 20.2. The lowest BCUT2D eigenvalue weighted by Crippen LogP contribution is -2.51. The zero-order valence-electron chi connectivity index (χ0n) is 26.0. The van der Waals surface area contributed by atoms with E-state index in [0.717, 1.165) is 11.0 Å². The number of nitrogens with zero attached hydrogens (tertiary/aromatic N) is 7. The number of fused-ring (bicyclic) bond motifs is 1. The number of pyridine rings is 1. The second-order valence-electron chi connectivity index (χ2n) is 11.5. The first-order valence-electron chi connectivity index (χ1n) is 14.8. The second-order valence-corrected chi connectivity index (χ2v) is 11.5. The molecule has 10 nitrogen and oxygen atoms in total. The quantitative estimate of drug-likeness (QED) is 0.112. The summed E-state index contributed by atoms with van der Waals surface area (Å²) in [6, 6.07) is 0.489. The van der Waals surface area contributed by atoms with Crippen molar-refractivity contribution in [1.29, 1.82) is 0 Å². The molecular formula is C29H33F9N8O2. The Morgan fingerprint density at radius 1 is 1.00 bits per heavy atom. The van der Waals surface area contributed by atoms with Gasteiger partial charge in [-0.1, -0.05) is 12.0 Å². The van der Waals surface area contributed by atoms with Crippen molar-refractivity contribution in [2.45, 2.75) is 75.9 Å². The van der Waals surface area contributed by atoms with Crippen LogP contribution in [0, 0.1) is 0 Å². The molecule has 3 heterocycles. The molecule has 0 unspecified atom stereocenters. The number of anilines is 1. The standard InChI is InChI=1S/C29H33F9N8O2/c1-4-19-14-22(45(25(39)42-43-40-2)15-16-11-17(27(30,31)32)13-18(12-16)28(33,34)35)24-21(5-6-23(41-24)29(36,37)38)46(19)26(47)48-20-7-9-44(3)10-8-20/h5-6,11-13,19-20,22H,4,7-10,14-15H2,1-3H3,(H2,39,40,42)/t19-,22+/m1/s1. The molecule has 0 aliphatic carbocycles. The number of benzene rings is 1. The molecule has 19 heteroatoms. The van der Waals surface area contributed by atoms with Crippen LogP contribution in [0.15, 0.2) is 45.8 Å². The number of aromatic nitrogens is 1. The third-order valence-corrected chi connectivity index (χ3v) is 8.14. The number of hydrogen-bond donors (Lipinski definition) is 1. The number of amides is 1. The Labute approximate surface area is 269 Å². The van der Waals surface area contributed by atoms with Crippen LogP contribution in [0.5, 0.6) is 0 Å². The predicted octanol–water partition coefficient (Wildman–Crippen LogP) is 7.21. The number of halogens is 9. The van der Waals surface area contributed by atoms with Crippen molar-refractivity contribution < 1.29 is 49.0 Å². The number of alkyl halides is 9. The van der Waals surface area contributed by atoms with Crippen molar-refractivity contribution in [3.05, 3.63) is 58.4 Å². The lowest BCUT2D eigenvalue weighted by molar-refractivity contribution is -0.143. The van der Waals surface area contributed by atoms with Gasteiger partial charge in [-0.25, -0.2) is 9.78 Å². The highest BCUT2D eigenvalue weighted by Crippen LogP contribution is 2.44. The minimum Gasteiger partial charge on any atom is -0.446 e. The molecule has 1 aromatic carbocycles. The summed E-state index contributed by atoms with van der Waals surface area (Å²) in [6.45, 7) is 2.20. The van der Waals surface area contributed by atoms with Gasteiger partial charge in [-0.2, -0.15) is 44.6 Å². The van der Waals surface area contributed by atoms with E-state index in [-0.39, 0.29) is 30.3 Å². The first-order valence-corrected chi connectivity index (χ1v) is 14.8. The number of ether oxygens (including phenoxy) is 1. The van der Waals surface area contributed by atoms with Gasteiger partial charge in [-0.05, 0) is 73.8 Å². The molecule has 2 aromatic rings. The zero-order chi connectivity index (χ0) is 35.6. The number of piperidine rings is 1. The summed E-state index contributed by atoms with van der Waals surface area (Å²) in [4.78, 5) is 21.6. The highest BCUT2D eigenvalue weighted by molar-refractivity contribution is 5.90. The maximum atomic E-state index is 13.9. The molecule has 1 saturated heterocycles. The van der Waals surface area contributed by atoms with Gasteiger partial charge in [-0.3, -0.25) is 4.90 Å². The van der Waals surface area contributed by atoms with Crippen molar-refractivity contribution in [1.82, 2.24) is 14.8 Å². The highest BCUT2D eigenvalue weighted by Gasteiger charge is 2.44. The minimum absolute atomic E-state index is 0.0510. The van der Waals surface area contributed by atoms with Gasteiger partial charge in [0.1, 0.15) is 11.8 Å². The molecule has 0 bridgehead atoms. The Hall–Kier alpha value is -4.16. The summed E-state index contributed by atoms with van der Waals surface area (Å²) >= 11 is 0. The van der Waals surface area contributed by atoms with Gasteiger partial charge in [0.2, 0.25) is 5.96 Å². The van der Waals surface area contributed by atoms with Crippen molar-refractivity contribution >= 4 is 17.7 Å². The fourth-order valence-corrected chi connectivity index (χ4v) is 5.73. The number of guanidine groups is 1. The van der Waals surface area contributed by atoms with E-state index in [1.807, 2.05) is 11.9 Å². The van der Waals surface area contributed by atoms with Crippen LogP contribution in [0.25, 0.3) is 0 Å². The molecule has 264 valence electrons. The molecule has 4 rings (SSSR count). The van der Waals surface area contributed by atoms with Gasteiger partial charge < -0.3 is 20.3 Å². The van der Waals surface area contributed by atoms with Crippen molar-refractivity contribution in [3.63, 3.8) is 0 Å². The van der Waals surface area contributed by atoms with Gasteiger partial charge >= 0.3 is 24.6 Å². The van der Waals surface area contributed by atoms with Crippen LogP contribution < -0.4 is 10.6 Å². The molecular weight excluding hydrogens is 663 g/mol. The van der Waals surface area contributed by atoms with Crippen LogP contribution in [0.2, 0.25) is 0 Å². The molecule has 1 aromatic heterocycles. The lowest BCUT2D eigenvalue weighted by atomic mass is 9.91. The molecule has 48 heavy (non-hydrogen) atoms. The van der Waals surface area contributed by atoms with E-state index in [9.17, 15) is 44.3 Å². The number of rotatable bonds is 6. The molecule has 2 N–H and O–H groups in total. The Bertz CT molecular complexity index is 1490. The van der Waals surface area contributed by atoms with E-state index in [1.165, 1.54) is 11.9 Å². The first kappa shape index (κ1) is 36.7. The van der Waals surface area contributed by atoms with Gasteiger partial charge in [0.15, 0.2) is 0 Å². The van der Waals surface area contributed by atoms with Gasteiger partial charge in [0.25, 0.3) is 0 Å². The van der Waals surface area contributed by atoms with E-state index in [1.54, 1.807) is 6.92 Å². The Morgan fingerprint density at radius 3 is 2.12 bits per heavy atom. The van der Waals surface area contributed by atoms with Crippen LogP contribution in [0.3, 0.4) is 0 Å². The number of hydrogen-bond acceptors (Lipinski definition) is 6. The van der Waals surface area contributed by atoms with Crippen molar-refractivity contribution in [2.75, 3.05) is 32.1 Å². The third-order valence-electron chi connectivity index (χ3n) is 8.14. The molecule has 1 fully saturated rings. The van der Waals surface area contributed by atoms with E-state index in [0.29, 0.717) is 44.1 Å². The fourth-order valence-electron chi connectivity index (χ4n) is 5.73. The lowest BCUT2D eigenvalue weighted by Gasteiger charge is -2.44. The average molecular weight is 697 g/mol. The number of likely N-dealkylation sites (tertiary alicyclic amines) is 1. The van der Waals surface area contributed by atoms with E-state index < -0.39 is 77.7 Å². The fraction of sp³-hybridized carbons (Fsp3) is 0.552. The summed E-state index contributed by atoms with van der Waals surface area (Å²) in [5.74, 6) is -0.584. The number of nitrogens with two attached hydrogens (primary N) is 1. The highest BCUT2D eigenvalue weighted by atomic mass is 19.4. The predicted molar refractivity (Wildman–Crippen MR) is 155 cm³/mol. The molecule has 2 atom stereocenters. The topological polar surface area (TPSA) is 112 Å². The smallest absolute Gasteiger partial charge is 0.433 e. The van der Waals surface area contributed by atoms with Crippen LogP contribution in [0.1, 0.15) is 66.7 Å². The monoisotopic (exact) mass is 696 g/mol. The van der Waals surface area contributed by atoms with Gasteiger partial charge in [0, 0.05) is 25.7 Å². The Morgan fingerprint density at radius 2 is 1.60 bits per heavy atom. The van der Waals surface area contributed by atoms with Crippen LogP contribution in [0.4, 0.5) is 50.0 Å². The van der Waals surface area contributed by atoms with Crippen molar-refractivity contribution in [3.8, 4) is 0 Å². The summed E-state index contributed by atoms with van der Waals surface area (Å²) in [7, 11) is 3.11. The molecule has 1 amide bonds. The van der Waals surface area contributed by atoms with Crippen molar-refractivity contribution in [2.24, 2.45) is 21.2 Å². The second kappa shape index (κ2) is 14.1. The Balaban J connectivity index is 1.86. The molecule has 2 aliphatic heterocycles. The maximum absolute atomic E-state index is 13.9. The van der Waals surface area contributed by atoms with Gasteiger partial charge in [0.05, 0.1) is 35.6 Å².